The molecule has 0 aliphatic rings. The number of thiazole rings is 1. The van der Waals surface area contributed by atoms with E-state index < -0.39 is 0 Å². The van der Waals surface area contributed by atoms with Crippen molar-refractivity contribution in [2.45, 2.75) is 6.54 Å². The average Bonchev–Trinajstić information content (AvgIpc) is 2.89. The molecule has 1 amide bonds. The molecule has 0 aliphatic heterocycles. The van der Waals surface area contributed by atoms with Gasteiger partial charge in [0.05, 0.1) is 12.7 Å². The van der Waals surface area contributed by atoms with Gasteiger partial charge in [-0.05, 0) is 0 Å². The van der Waals surface area contributed by atoms with E-state index in [2.05, 4.69) is 20.6 Å². The number of carbonyl (C=O) groups excluding carboxylic acids is 1. The fraction of sp³-hybridized carbons (Fsp3) is 0.250. The summed E-state index contributed by atoms with van der Waals surface area (Å²) in [6, 6.07) is 0. The number of rotatable bonds is 4. The minimum atomic E-state index is -0.321. The zero-order chi connectivity index (χ0) is 11.4. The Labute approximate surface area is 95.3 Å². The normalized spacial score (nSPS) is 10.3. The predicted octanol–water partition coefficient (Wildman–Crippen LogP) is -0.0544. The summed E-state index contributed by atoms with van der Waals surface area (Å²) < 4.78 is 1.52. The van der Waals surface area contributed by atoms with Gasteiger partial charge in [-0.2, -0.15) is 0 Å². The maximum absolute atomic E-state index is 11.6. The first-order valence-electron chi connectivity index (χ1n) is 4.60. The van der Waals surface area contributed by atoms with Crippen LogP contribution in [0.25, 0.3) is 0 Å². The number of amides is 1. The molecular formula is C8H10N6OS. The molecule has 84 valence electrons. The molecule has 8 heteroatoms. The second-order valence-electron chi connectivity index (χ2n) is 2.95. The second-order valence-corrected chi connectivity index (χ2v) is 3.84. The van der Waals surface area contributed by atoms with Crippen molar-refractivity contribution in [1.29, 1.82) is 0 Å². The standard InChI is InChI=1S/C8H10N6OS/c9-1-3-14-5-6(12-13-14)7(15)11-8-10-2-4-16-8/h2,4-5H,1,3,9H2,(H,10,11,15). The zero-order valence-electron chi connectivity index (χ0n) is 8.33. The summed E-state index contributed by atoms with van der Waals surface area (Å²) in [5.41, 5.74) is 5.61. The lowest BCUT2D eigenvalue weighted by molar-refractivity contribution is 0.102. The molecule has 0 aromatic carbocycles. The number of hydrogen-bond donors (Lipinski definition) is 2. The molecule has 0 spiro atoms. The van der Waals surface area contributed by atoms with Crippen LogP contribution in [0.1, 0.15) is 10.5 Å². The highest BCUT2D eigenvalue weighted by molar-refractivity contribution is 7.13. The molecule has 0 radical (unpaired) electrons. The molecule has 2 aromatic heterocycles. The number of carbonyl (C=O) groups is 1. The first kappa shape index (κ1) is 10.7. The molecular weight excluding hydrogens is 228 g/mol. The van der Waals surface area contributed by atoms with Crippen LogP contribution in [-0.2, 0) is 6.54 Å². The number of nitrogens with zero attached hydrogens (tertiary/aromatic N) is 4. The van der Waals surface area contributed by atoms with Crippen molar-refractivity contribution in [3.63, 3.8) is 0 Å². The Morgan fingerprint density at radius 3 is 3.19 bits per heavy atom. The molecule has 3 N–H and O–H groups in total. The van der Waals surface area contributed by atoms with Gasteiger partial charge in [0.15, 0.2) is 10.8 Å². The number of nitrogens with one attached hydrogen (secondary N) is 1. The van der Waals surface area contributed by atoms with Crippen LogP contribution in [0.2, 0.25) is 0 Å². The Morgan fingerprint density at radius 1 is 1.62 bits per heavy atom. The second kappa shape index (κ2) is 4.81. The van der Waals surface area contributed by atoms with Crippen molar-refractivity contribution in [2.24, 2.45) is 5.73 Å². The topological polar surface area (TPSA) is 98.7 Å². The summed E-state index contributed by atoms with van der Waals surface area (Å²) in [7, 11) is 0. The lowest BCUT2D eigenvalue weighted by Gasteiger charge is -1.96. The molecule has 0 aliphatic carbocycles. The Bertz CT molecular complexity index is 465. The monoisotopic (exact) mass is 238 g/mol. The summed E-state index contributed by atoms with van der Waals surface area (Å²) in [5.74, 6) is -0.321. The largest absolute Gasteiger partial charge is 0.329 e. The van der Waals surface area contributed by atoms with E-state index >= 15 is 0 Å². The quantitative estimate of drug-likeness (QED) is 0.777. The summed E-state index contributed by atoms with van der Waals surface area (Å²) in [6.45, 7) is 0.994. The Hall–Kier alpha value is -1.80. The van der Waals surface area contributed by atoms with Crippen LogP contribution in [0, 0.1) is 0 Å². The van der Waals surface area contributed by atoms with E-state index in [1.54, 1.807) is 17.8 Å². The molecule has 2 aromatic rings. The molecule has 0 unspecified atom stereocenters. The minimum absolute atomic E-state index is 0.253. The van der Waals surface area contributed by atoms with E-state index in [0.717, 1.165) is 0 Å². The third-order valence-electron chi connectivity index (χ3n) is 1.78. The van der Waals surface area contributed by atoms with Crippen LogP contribution in [0.4, 0.5) is 5.13 Å². The van der Waals surface area contributed by atoms with E-state index in [1.165, 1.54) is 16.0 Å². The van der Waals surface area contributed by atoms with Gasteiger partial charge in [0.2, 0.25) is 0 Å². The molecule has 2 rings (SSSR count). The van der Waals surface area contributed by atoms with Gasteiger partial charge < -0.3 is 5.73 Å². The lowest BCUT2D eigenvalue weighted by Crippen LogP contribution is -2.12. The fourth-order valence-electron chi connectivity index (χ4n) is 1.09. The van der Waals surface area contributed by atoms with Crippen LogP contribution in [0.15, 0.2) is 17.8 Å². The third kappa shape index (κ3) is 2.41. The van der Waals surface area contributed by atoms with Crippen LogP contribution < -0.4 is 11.1 Å². The van der Waals surface area contributed by atoms with Gasteiger partial charge in [-0.1, -0.05) is 5.21 Å². The molecule has 0 fully saturated rings. The van der Waals surface area contributed by atoms with Gasteiger partial charge in [-0.15, -0.1) is 16.4 Å². The molecule has 2 heterocycles. The van der Waals surface area contributed by atoms with Gasteiger partial charge in [-0.25, -0.2) is 4.98 Å². The maximum atomic E-state index is 11.6. The van der Waals surface area contributed by atoms with E-state index in [4.69, 9.17) is 5.73 Å². The summed E-state index contributed by atoms with van der Waals surface area (Å²) >= 11 is 1.34. The van der Waals surface area contributed by atoms with E-state index in [9.17, 15) is 4.79 Å². The first-order chi connectivity index (χ1) is 7.79. The Kier molecular flexibility index (Phi) is 3.22. The first-order valence-corrected chi connectivity index (χ1v) is 5.48. The summed E-state index contributed by atoms with van der Waals surface area (Å²) in [5, 5.41) is 12.4. The van der Waals surface area contributed by atoms with Gasteiger partial charge in [0, 0.05) is 18.1 Å². The molecule has 16 heavy (non-hydrogen) atoms. The highest BCUT2D eigenvalue weighted by Crippen LogP contribution is 2.11. The van der Waals surface area contributed by atoms with Crippen molar-refractivity contribution < 1.29 is 4.79 Å². The number of anilines is 1. The molecule has 7 nitrogen and oxygen atoms in total. The minimum Gasteiger partial charge on any atom is -0.329 e. The van der Waals surface area contributed by atoms with E-state index in [0.29, 0.717) is 18.2 Å². The lowest BCUT2D eigenvalue weighted by atomic mass is 10.4. The summed E-state index contributed by atoms with van der Waals surface area (Å²) in [4.78, 5) is 15.6. The van der Waals surface area contributed by atoms with Crippen molar-refractivity contribution >= 4 is 22.4 Å². The number of hydrogen-bond acceptors (Lipinski definition) is 6. The highest BCUT2D eigenvalue weighted by atomic mass is 32.1. The number of nitrogens with two attached hydrogens (primary N) is 1. The smallest absolute Gasteiger partial charge is 0.279 e. The molecule has 0 bridgehead atoms. The maximum Gasteiger partial charge on any atom is 0.279 e. The van der Waals surface area contributed by atoms with Gasteiger partial charge in [0.25, 0.3) is 5.91 Å². The number of aromatic nitrogens is 4. The SMILES string of the molecule is NCCn1cc(C(=O)Nc2nccs2)nn1. The van der Waals surface area contributed by atoms with E-state index in [1.807, 2.05) is 0 Å². The molecule has 0 saturated heterocycles. The van der Waals surface area contributed by atoms with Crippen molar-refractivity contribution in [2.75, 3.05) is 11.9 Å². The van der Waals surface area contributed by atoms with Crippen molar-refractivity contribution in [3.8, 4) is 0 Å². The fourth-order valence-corrected chi connectivity index (χ4v) is 1.61. The average molecular weight is 238 g/mol. The Balaban J connectivity index is 2.03. The van der Waals surface area contributed by atoms with Gasteiger partial charge in [0.1, 0.15) is 0 Å². The summed E-state index contributed by atoms with van der Waals surface area (Å²) in [6.07, 6.45) is 3.17. The van der Waals surface area contributed by atoms with Crippen molar-refractivity contribution in [1.82, 2.24) is 20.0 Å². The van der Waals surface area contributed by atoms with Crippen LogP contribution in [0.5, 0.6) is 0 Å². The van der Waals surface area contributed by atoms with Crippen molar-refractivity contribution in [3.05, 3.63) is 23.5 Å². The highest BCUT2D eigenvalue weighted by Gasteiger charge is 2.11. The molecule has 0 atom stereocenters. The molecule has 0 saturated carbocycles. The van der Waals surface area contributed by atoms with Crippen LogP contribution in [0.3, 0.4) is 0 Å². The predicted molar refractivity (Wildman–Crippen MR) is 59.1 cm³/mol. The van der Waals surface area contributed by atoms with Crippen LogP contribution in [-0.4, -0.2) is 32.4 Å². The van der Waals surface area contributed by atoms with Crippen LogP contribution >= 0.6 is 11.3 Å². The third-order valence-corrected chi connectivity index (χ3v) is 2.47. The van der Waals surface area contributed by atoms with Gasteiger partial charge in [-0.3, -0.25) is 14.8 Å². The van der Waals surface area contributed by atoms with E-state index in [-0.39, 0.29) is 11.6 Å². The zero-order valence-corrected chi connectivity index (χ0v) is 9.15. The van der Waals surface area contributed by atoms with Gasteiger partial charge >= 0.3 is 0 Å². The Morgan fingerprint density at radius 2 is 2.50 bits per heavy atom.